The third kappa shape index (κ3) is 2.92. The third-order valence-corrected chi connectivity index (χ3v) is 5.22. The maximum atomic E-state index is 14.0. The van der Waals surface area contributed by atoms with Crippen LogP contribution in [0.3, 0.4) is 0 Å². The fraction of sp³-hybridized carbons (Fsp3) is 0.0417. The van der Waals surface area contributed by atoms with Crippen molar-refractivity contribution < 1.29 is 17.6 Å². The molecular weight excluding hydrogens is 392 g/mol. The van der Waals surface area contributed by atoms with Gasteiger partial charge in [-0.3, -0.25) is 4.99 Å². The SMILES string of the molecule is Fc1ccc(C(=C2C=Nc3ccccc32)c2c[nH]c3ccccc23)cc1C(F)(F)F. The Morgan fingerprint density at radius 1 is 0.900 bits per heavy atom. The van der Waals surface area contributed by atoms with E-state index in [4.69, 9.17) is 0 Å². The number of hydrogen-bond acceptors (Lipinski definition) is 1. The smallest absolute Gasteiger partial charge is 0.361 e. The molecule has 0 aliphatic carbocycles. The number of nitrogens with zero attached hydrogens (tertiary/aromatic N) is 1. The standard InChI is InChI=1S/C24H14F4N2/c25-20-10-9-14(11-19(20)24(26,27)28)23(17-12-29-21-7-3-1-5-15(17)21)18-13-30-22-8-4-2-6-16(18)22/h1-13,29H. The topological polar surface area (TPSA) is 28.1 Å². The van der Waals surface area contributed by atoms with Gasteiger partial charge in [0.05, 0.1) is 11.3 Å². The number of aromatic nitrogens is 1. The zero-order valence-corrected chi connectivity index (χ0v) is 15.5. The molecule has 0 atom stereocenters. The zero-order chi connectivity index (χ0) is 20.9. The largest absolute Gasteiger partial charge is 0.419 e. The summed E-state index contributed by atoms with van der Waals surface area (Å²) in [5, 5.41) is 0.857. The monoisotopic (exact) mass is 406 g/mol. The van der Waals surface area contributed by atoms with Crippen LogP contribution >= 0.6 is 0 Å². The summed E-state index contributed by atoms with van der Waals surface area (Å²) in [5.74, 6) is -1.30. The first-order valence-corrected chi connectivity index (χ1v) is 9.25. The van der Waals surface area contributed by atoms with Gasteiger partial charge in [-0.1, -0.05) is 42.5 Å². The number of aliphatic imine (C=N–C) groups is 1. The van der Waals surface area contributed by atoms with Crippen LogP contribution in [0.2, 0.25) is 0 Å². The van der Waals surface area contributed by atoms with Crippen molar-refractivity contribution in [3.05, 3.63) is 101 Å². The molecule has 0 saturated heterocycles. The van der Waals surface area contributed by atoms with Crippen molar-refractivity contribution in [2.45, 2.75) is 6.18 Å². The molecule has 0 bridgehead atoms. The van der Waals surface area contributed by atoms with Crippen LogP contribution in [0.1, 0.15) is 22.3 Å². The second-order valence-electron chi connectivity index (χ2n) is 7.00. The number of aromatic amines is 1. The van der Waals surface area contributed by atoms with E-state index in [1.54, 1.807) is 12.4 Å². The van der Waals surface area contributed by atoms with Gasteiger partial charge in [0.2, 0.25) is 0 Å². The highest BCUT2D eigenvalue weighted by Gasteiger charge is 2.35. The van der Waals surface area contributed by atoms with Crippen molar-refractivity contribution in [2.75, 3.05) is 0 Å². The molecule has 0 fully saturated rings. The van der Waals surface area contributed by atoms with Gasteiger partial charge in [0.15, 0.2) is 0 Å². The molecule has 1 aromatic heterocycles. The fourth-order valence-electron chi connectivity index (χ4n) is 3.85. The van der Waals surface area contributed by atoms with E-state index in [-0.39, 0.29) is 5.56 Å². The van der Waals surface area contributed by atoms with Crippen LogP contribution in [0.15, 0.2) is 77.9 Å². The van der Waals surface area contributed by atoms with E-state index >= 15 is 0 Å². The predicted molar refractivity (Wildman–Crippen MR) is 110 cm³/mol. The Morgan fingerprint density at radius 3 is 2.50 bits per heavy atom. The van der Waals surface area contributed by atoms with Gasteiger partial charge in [-0.2, -0.15) is 13.2 Å². The zero-order valence-electron chi connectivity index (χ0n) is 15.5. The molecule has 0 saturated carbocycles. The molecule has 148 valence electrons. The van der Waals surface area contributed by atoms with Crippen molar-refractivity contribution in [3.8, 4) is 0 Å². The molecule has 0 unspecified atom stereocenters. The molecule has 2 nitrogen and oxygen atoms in total. The number of para-hydroxylation sites is 2. The summed E-state index contributed by atoms with van der Waals surface area (Å²) in [6, 6.07) is 18.1. The van der Waals surface area contributed by atoms with E-state index in [9.17, 15) is 17.6 Å². The molecule has 1 aliphatic rings. The summed E-state index contributed by atoms with van der Waals surface area (Å²) >= 11 is 0. The first kappa shape index (κ1) is 18.4. The Hall–Kier alpha value is -3.67. The fourth-order valence-corrected chi connectivity index (χ4v) is 3.85. The molecule has 2 heterocycles. The number of fused-ring (bicyclic) bond motifs is 2. The molecule has 0 spiro atoms. The molecule has 4 aromatic rings. The summed E-state index contributed by atoms with van der Waals surface area (Å²) in [7, 11) is 0. The third-order valence-electron chi connectivity index (χ3n) is 5.22. The van der Waals surface area contributed by atoms with Gasteiger partial charge in [-0.05, 0) is 29.8 Å². The van der Waals surface area contributed by atoms with Gasteiger partial charge in [-0.15, -0.1) is 0 Å². The number of halogens is 4. The van der Waals surface area contributed by atoms with Gasteiger partial charge in [0.1, 0.15) is 5.82 Å². The highest BCUT2D eigenvalue weighted by Crippen LogP contribution is 2.42. The lowest BCUT2D eigenvalue weighted by molar-refractivity contribution is -0.140. The maximum Gasteiger partial charge on any atom is 0.419 e. The van der Waals surface area contributed by atoms with Crippen molar-refractivity contribution in [2.24, 2.45) is 4.99 Å². The molecule has 1 N–H and O–H groups in total. The first-order valence-electron chi connectivity index (χ1n) is 9.25. The number of nitrogens with one attached hydrogen (secondary N) is 1. The van der Waals surface area contributed by atoms with Crippen molar-refractivity contribution in [3.63, 3.8) is 0 Å². The van der Waals surface area contributed by atoms with Crippen LogP contribution in [0.5, 0.6) is 0 Å². The molecule has 30 heavy (non-hydrogen) atoms. The molecule has 6 heteroatoms. The minimum absolute atomic E-state index is 0.270. The second kappa shape index (κ2) is 6.69. The Kier molecular flexibility index (Phi) is 4.10. The molecule has 3 aromatic carbocycles. The Labute approximate surface area is 169 Å². The maximum absolute atomic E-state index is 14.0. The molecule has 1 aliphatic heterocycles. The number of alkyl halides is 3. The van der Waals surface area contributed by atoms with Crippen molar-refractivity contribution in [1.29, 1.82) is 0 Å². The van der Waals surface area contributed by atoms with Crippen LogP contribution < -0.4 is 0 Å². The normalized spacial score (nSPS) is 14.9. The van der Waals surface area contributed by atoms with E-state index in [0.29, 0.717) is 11.1 Å². The quantitative estimate of drug-likeness (QED) is 0.347. The summed E-state index contributed by atoms with van der Waals surface area (Å²) < 4.78 is 54.2. The number of benzene rings is 3. The van der Waals surface area contributed by atoms with E-state index in [0.717, 1.165) is 39.8 Å². The molecule has 0 radical (unpaired) electrons. The minimum atomic E-state index is -4.79. The first-order chi connectivity index (χ1) is 14.4. The van der Waals surface area contributed by atoms with E-state index in [2.05, 4.69) is 9.98 Å². The number of allylic oxidation sites excluding steroid dienone is 1. The molecule has 5 rings (SSSR count). The van der Waals surface area contributed by atoms with Crippen LogP contribution in [0, 0.1) is 5.82 Å². The summed E-state index contributed by atoms with van der Waals surface area (Å²) in [4.78, 5) is 7.58. The minimum Gasteiger partial charge on any atom is -0.361 e. The average Bonchev–Trinajstić information content (AvgIpc) is 3.34. The van der Waals surface area contributed by atoms with Crippen LogP contribution in [-0.2, 0) is 6.18 Å². The van der Waals surface area contributed by atoms with Gasteiger partial charge >= 0.3 is 6.18 Å². The summed E-state index contributed by atoms with van der Waals surface area (Å²) in [5.41, 5.74) is 3.36. The lowest BCUT2D eigenvalue weighted by atomic mass is 9.89. The van der Waals surface area contributed by atoms with Gasteiger partial charge in [0, 0.05) is 45.6 Å². The summed E-state index contributed by atoms with van der Waals surface area (Å²) in [6.07, 6.45) is -1.38. The van der Waals surface area contributed by atoms with Crippen LogP contribution in [0.4, 0.5) is 23.2 Å². The molecular formula is C24H14F4N2. The van der Waals surface area contributed by atoms with Gasteiger partial charge in [0.25, 0.3) is 0 Å². The van der Waals surface area contributed by atoms with Gasteiger partial charge < -0.3 is 4.98 Å². The van der Waals surface area contributed by atoms with Crippen LogP contribution in [0.25, 0.3) is 22.0 Å². The van der Waals surface area contributed by atoms with Crippen LogP contribution in [-0.4, -0.2) is 11.2 Å². The van der Waals surface area contributed by atoms with E-state index in [1.165, 1.54) is 6.07 Å². The van der Waals surface area contributed by atoms with E-state index in [1.807, 2.05) is 48.5 Å². The highest BCUT2D eigenvalue weighted by atomic mass is 19.4. The molecule has 0 amide bonds. The predicted octanol–water partition coefficient (Wildman–Crippen LogP) is 7.00. The van der Waals surface area contributed by atoms with Crippen molar-refractivity contribution in [1.82, 2.24) is 4.98 Å². The number of hydrogen-bond donors (Lipinski definition) is 1. The number of rotatable bonds is 2. The number of H-pyrrole nitrogens is 1. The van der Waals surface area contributed by atoms with Gasteiger partial charge in [-0.25, -0.2) is 4.39 Å². The van der Waals surface area contributed by atoms with E-state index < -0.39 is 17.6 Å². The summed E-state index contributed by atoms with van der Waals surface area (Å²) in [6.45, 7) is 0. The Bertz CT molecular complexity index is 1340. The Morgan fingerprint density at radius 2 is 1.67 bits per heavy atom. The van der Waals surface area contributed by atoms with Crippen molar-refractivity contribution >= 4 is 34.0 Å². The lowest BCUT2D eigenvalue weighted by Gasteiger charge is -2.15. The lowest BCUT2D eigenvalue weighted by Crippen LogP contribution is -2.09. The average molecular weight is 406 g/mol. The Balaban J connectivity index is 1.85. The highest BCUT2D eigenvalue weighted by molar-refractivity contribution is 6.27. The second-order valence-corrected chi connectivity index (χ2v) is 7.00.